The SMILES string of the molecule is CCC[C@H](NC(=O)[C@H](CCC(=O)O)NC(=O)[C@H](CCSC)NC(=O)[C@H](CCSC)NC(=O)[C@H](CC(C)C)NC(=O)[C@@H](N)CC(C)C)C(=O)O. The van der Waals surface area contributed by atoms with Crippen molar-refractivity contribution < 1.29 is 43.8 Å². The van der Waals surface area contributed by atoms with Crippen LogP contribution < -0.4 is 32.3 Å². The first-order chi connectivity index (χ1) is 23.0. The molecule has 0 saturated carbocycles. The Morgan fingerprint density at radius 2 is 0.959 bits per heavy atom. The lowest BCUT2D eigenvalue weighted by molar-refractivity contribution is -0.143. The standard InChI is InChI=1S/C32H58N6O9S2/c1-8-9-24(32(46)47)37-28(42)21(10-11-26(39)40)34-29(43)22(12-14-48-6)35-30(44)23(13-15-49-7)36-31(45)25(17-19(4)5)38-27(41)20(33)16-18(2)3/h18-25H,8-17,33H2,1-7H3,(H,34,43)(H,35,44)(H,36,45)(H,37,42)(H,38,41)(H,39,40)(H,46,47)/t20-,21-,22-,23-,24-,25-/m0/s1. The van der Waals surface area contributed by atoms with Crippen LogP contribution in [0.15, 0.2) is 0 Å². The summed E-state index contributed by atoms with van der Waals surface area (Å²) in [6.45, 7) is 9.39. The van der Waals surface area contributed by atoms with Crippen LogP contribution in [0.5, 0.6) is 0 Å². The van der Waals surface area contributed by atoms with Crippen molar-refractivity contribution in [2.45, 2.75) is 122 Å². The highest BCUT2D eigenvalue weighted by atomic mass is 32.2. The van der Waals surface area contributed by atoms with E-state index < -0.39 is 84.1 Å². The second kappa shape index (κ2) is 25.0. The minimum atomic E-state index is -1.38. The number of nitrogens with two attached hydrogens (primary N) is 1. The molecule has 49 heavy (non-hydrogen) atoms. The molecule has 0 heterocycles. The molecule has 0 saturated heterocycles. The molecule has 15 nitrogen and oxygen atoms in total. The maximum atomic E-state index is 13.6. The number of hydrogen-bond donors (Lipinski definition) is 8. The Bertz CT molecular complexity index is 1100. The predicted octanol–water partition coefficient (Wildman–Crippen LogP) is 1.09. The minimum absolute atomic E-state index is 0.0227. The van der Waals surface area contributed by atoms with E-state index in [1.807, 2.05) is 34.0 Å². The lowest BCUT2D eigenvalue weighted by Gasteiger charge is -2.27. The van der Waals surface area contributed by atoms with Gasteiger partial charge >= 0.3 is 11.9 Å². The molecule has 0 aliphatic rings. The molecule has 0 spiro atoms. The first kappa shape index (κ1) is 46.0. The van der Waals surface area contributed by atoms with Crippen molar-refractivity contribution in [1.29, 1.82) is 0 Å². The van der Waals surface area contributed by atoms with E-state index in [0.29, 0.717) is 30.8 Å². The maximum absolute atomic E-state index is 13.6. The number of rotatable bonds is 26. The molecule has 9 N–H and O–H groups in total. The number of carbonyl (C=O) groups is 7. The Labute approximate surface area is 298 Å². The van der Waals surface area contributed by atoms with Crippen molar-refractivity contribution in [2.75, 3.05) is 24.0 Å². The van der Waals surface area contributed by atoms with Gasteiger partial charge in [0.25, 0.3) is 0 Å². The number of amides is 5. The third kappa shape index (κ3) is 19.7. The fourth-order valence-corrected chi connectivity index (χ4v) is 5.72. The zero-order valence-electron chi connectivity index (χ0n) is 29.8. The molecule has 0 aromatic heterocycles. The lowest BCUT2D eigenvalue weighted by atomic mass is 10.00. The highest BCUT2D eigenvalue weighted by molar-refractivity contribution is 7.98. The van der Waals surface area contributed by atoms with Gasteiger partial charge in [-0.2, -0.15) is 23.5 Å². The van der Waals surface area contributed by atoms with Gasteiger partial charge in [-0.3, -0.25) is 28.8 Å². The smallest absolute Gasteiger partial charge is 0.326 e. The van der Waals surface area contributed by atoms with Gasteiger partial charge < -0.3 is 42.5 Å². The largest absolute Gasteiger partial charge is 0.481 e. The van der Waals surface area contributed by atoms with Gasteiger partial charge in [-0.25, -0.2) is 4.79 Å². The van der Waals surface area contributed by atoms with Crippen LogP contribution in [0.1, 0.15) is 86.0 Å². The second-order valence-electron chi connectivity index (χ2n) is 12.8. The minimum Gasteiger partial charge on any atom is -0.481 e. The van der Waals surface area contributed by atoms with Crippen molar-refractivity contribution in [1.82, 2.24) is 26.6 Å². The Kier molecular flexibility index (Phi) is 23.4. The molecule has 0 rings (SSSR count). The topological polar surface area (TPSA) is 246 Å². The second-order valence-corrected chi connectivity index (χ2v) is 14.8. The number of aliphatic carboxylic acids is 2. The normalized spacial score (nSPS) is 14.9. The van der Waals surface area contributed by atoms with Crippen LogP contribution in [0.2, 0.25) is 0 Å². The van der Waals surface area contributed by atoms with Gasteiger partial charge in [0.15, 0.2) is 0 Å². The zero-order valence-corrected chi connectivity index (χ0v) is 31.5. The van der Waals surface area contributed by atoms with E-state index in [1.54, 1.807) is 13.2 Å². The molecule has 17 heteroatoms. The molecule has 0 aromatic rings. The van der Waals surface area contributed by atoms with E-state index in [2.05, 4.69) is 26.6 Å². The molecule has 6 atom stereocenters. The number of carboxylic acid groups (broad SMARTS) is 2. The fourth-order valence-electron chi connectivity index (χ4n) is 4.78. The molecule has 0 unspecified atom stereocenters. The predicted molar refractivity (Wildman–Crippen MR) is 192 cm³/mol. The molecule has 5 amide bonds. The highest BCUT2D eigenvalue weighted by Gasteiger charge is 2.33. The number of thioether (sulfide) groups is 2. The van der Waals surface area contributed by atoms with Crippen LogP contribution in [0.4, 0.5) is 0 Å². The van der Waals surface area contributed by atoms with Crippen molar-refractivity contribution in [2.24, 2.45) is 17.6 Å². The van der Waals surface area contributed by atoms with Crippen molar-refractivity contribution in [3.63, 3.8) is 0 Å². The summed E-state index contributed by atoms with van der Waals surface area (Å²) in [6.07, 6.45) is 4.50. The quantitative estimate of drug-likeness (QED) is 0.0623. The summed E-state index contributed by atoms with van der Waals surface area (Å²) in [4.78, 5) is 89.4. The monoisotopic (exact) mass is 734 g/mol. The zero-order chi connectivity index (χ0) is 37.7. The summed E-state index contributed by atoms with van der Waals surface area (Å²) >= 11 is 2.86. The van der Waals surface area contributed by atoms with Gasteiger partial charge in [0.05, 0.1) is 6.04 Å². The summed E-state index contributed by atoms with van der Waals surface area (Å²) in [5, 5.41) is 31.7. The maximum Gasteiger partial charge on any atom is 0.326 e. The van der Waals surface area contributed by atoms with Crippen LogP contribution in [-0.2, 0) is 33.6 Å². The summed E-state index contributed by atoms with van der Waals surface area (Å²) < 4.78 is 0. The Hall–Kier alpha value is -3.05. The van der Waals surface area contributed by atoms with Crippen LogP contribution in [0, 0.1) is 11.8 Å². The molecular formula is C32H58N6O9S2. The number of nitrogens with one attached hydrogen (secondary N) is 5. The van der Waals surface area contributed by atoms with E-state index in [-0.39, 0.29) is 37.5 Å². The molecule has 0 aromatic carbocycles. The van der Waals surface area contributed by atoms with E-state index in [9.17, 15) is 43.8 Å². The number of carbonyl (C=O) groups excluding carboxylic acids is 5. The average Bonchev–Trinajstić information content (AvgIpc) is 3.01. The first-order valence-electron chi connectivity index (χ1n) is 16.7. The molecule has 0 aliphatic carbocycles. The summed E-state index contributed by atoms with van der Waals surface area (Å²) in [5.74, 6) is -4.71. The Morgan fingerprint density at radius 3 is 1.33 bits per heavy atom. The van der Waals surface area contributed by atoms with Crippen molar-refractivity contribution in [3.8, 4) is 0 Å². The van der Waals surface area contributed by atoms with Crippen LogP contribution in [0.25, 0.3) is 0 Å². The van der Waals surface area contributed by atoms with Gasteiger partial charge in [0.2, 0.25) is 29.5 Å². The van der Waals surface area contributed by atoms with Gasteiger partial charge in [0, 0.05) is 6.42 Å². The van der Waals surface area contributed by atoms with Crippen molar-refractivity contribution >= 4 is 65.0 Å². The van der Waals surface area contributed by atoms with E-state index in [4.69, 9.17) is 5.73 Å². The highest BCUT2D eigenvalue weighted by Crippen LogP contribution is 2.11. The molecule has 0 bridgehead atoms. The van der Waals surface area contributed by atoms with Crippen LogP contribution in [0.3, 0.4) is 0 Å². The summed E-state index contributed by atoms with van der Waals surface area (Å²) in [5.41, 5.74) is 6.04. The van der Waals surface area contributed by atoms with E-state index >= 15 is 0 Å². The van der Waals surface area contributed by atoms with Gasteiger partial charge in [-0.1, -0.05) is 41.0 Å². The molecule has 0 radical (unpaired) electrons. The fraction of sp³-hybridized carbons (Fsp3) is 0.781. The molecule has 0 aliphatic heterocycles. The average molecular weight is 735 g/mol. The van der Waals surface area contributed by atoms with E-state index in [1.165, 1.54) is 23.5 Å². The lowest BCUT2D eigenvalue weighted by Crippen LogP contribution is -2.59. The third-order valence-electron chi connectivity index (χ3n) is 7.36. The van der Waals surface area contributed by atoms with Crippen molar-refractivity contribution in [3.05, 3.63) is 0 Å². The van der Waals surface area contributed by atoms with Gasteiger partial charge in [0.1, 0.15) is 30.2 Å². The summed E-state index contributed by atoms with van der Waals surface area (Å²) in [6, 6.07) is -6.62. The molecule has 0 fully saturated rings. The number of hydrogen-bond acceptors (Lipinski definition) is 10. The number of carboxylic acids is 2. The van der Waals surface area contributed by atoms with Gasteiger partial charge in [-0.05, 0) is 74.4 Å². The van der Waals surface area contributed by atoms with Crippen LogP contribution in [-0.4, -0.2) is 112 Å². The van der Waals surface area contributed by atoms with Crippen LogP contribution >= 0.6 is 23.5 Å². The molecular weight excluding hydrogens is 677 g/mol. The molecule has 282 valence electrons. The third-order valence-corrected chi connectivity index (χ3v) is 8.65. The van der Waals surface area contributed by atoms with E-state index in [0.717, 1.165) is 0 Å². The summed E-state index contributed by atoms with van der Waals surface area (Å²) in [7, 11) is 0. The Morgan fingerprint density at radius 1 is 0.571 bits per heavy atom. The van der Waals surface area contributed by atoms with Gasteiger partial charge in [-0.15, -0.1) is 0 Å². The first-order valence-corrected chi connectivity index (χ1v) is 19.5. The Balaban J connectivity index is 6.09.